The van der Waals surface area contributed by atoms with Gasteiger partial charge >= 0.3 is 12.1 Å². The second-order valence-corrected chi connectivity index (χ2v) is 6.30. The SMILES string of the molecule is COC(=O)C1(CC(C)=O)CCN(C(=O)OC(C)(C)C)C1. The zero-order valence-electron chi connectivity index (χ0n) is 12.8. The average molecular weight is 285 g/mol. The van der Waals surface area contributed by atoms with Crippen LogP contribution in [0.25, 0.3) is 0 Å². The first kappa shape index (κ1) is 16.5. The number of esters is 1. The molecule has 1 heterocycles. The van der Waals surface area contributed by atoms with E-state index in [0.717, 1.165) is 0 Å². The van der Waals surface area contributed by atoms with Gasteiger partial charge in [-0.2, -0.15) is 0 Å². The molecule has 1 unspecified atom stereocenters. The number of hydrogen-bond acceptors (Lipinski definition) is 5. The van der Waals surface area contributed by atoms with E-state index in [4.69, 9.17) is 9.47 Å². The van der Waals surface area contributed by atoms with Crippen molar-refractivity contribution in [3.63, 3.8) is 0 Å². The standard InChI is InChI=1S/C14H23NO5/c1-10(16)8-14(11(17)19-5)6-7-15(9-14)12(18)20-13(2,3)4/h6-9H2,1-5H3. The summed E-state index contributed by atoms with van der Waals surface area (Å²) in [5.74, 6) is -0.541. The maximum absolute atomic E-state index is 12.0. The van der Waals surface area contributed by atoms with Gasteiger partial charge in [-0.15, -0.1) is 0 Å². The zero-order chi connectivity index (χ0) is 15.6. The van der Waals surface area contributed by atoms with Crippen LogP contribution >= 0.6 is 0 Å². The van der Waals surface area contributed by atoms with E-state index in [1.165, 1.54) is 18.9 Å². The van der Waals surface area contributed by atoms with Gasteiger partial charge in [-0.3, -0.25) is 9.59 Å². The minimum absolute atomic E-state index is 0.0823. The van der Waals surface area contributed by atoms with Gasteiger partial charge in [0, 0.05) is 19.5 Å². The lowest BCUT2D eigenvalue weighted by Crippen LogP contribution is -2.40. The quantitative estimate of drug-likeness (QED) is 0.739. The Hall–Kier alpha value is -1.59. The zero-order valence-corrected chi connectivity index (χ0v) is 12.8. The van der Waals surface area contributed by atoms with Crippen LogP contribution in [0.4, 0.5) is 4.79 Å². The lowest BCUT2D eigenvalue weighted by atomic mass is 9.82. The predicted molar refractivity (Wildman–Crippen MR) is 72.2 cm³/mol. The van der Waals surface area contributed by atoms with Crippen LogP contribution in [0.3, 0.4) is 0 Å². The molecule has 1 amide bonds. The Morgan fingerprint density at radius 1 is 1.25 bits per heavy atom. The first-order valence-corrected chi connectivity index (χ1v) is 6.65. The number of likely N-dealkylation sites (tertiary alicyclic amines) is 1. The number of amides is 1. The molecule has 20 heavy (non-hydrogen) atoms. The van der Waals surface area contributed by atoms with Gasteiger partial charge in [-0.05, 0) is 34.1 Å². The van der Waals surface area contributed by atoms with Crippen molar-refractivity contribution in [2.75, 3.05) is 20.2 Å². The van der Waals surface area contributed by atoms with E-state index in [1.54, 1.807) is 20.8 Å². The molecule has 0 N–H and O–H groups in total. The molecule has 0 radical (unpaired) electrons. The minimum Gasteiger partial charge on any atom is -0.469 e. The number of carbonyl (C=O) groups is 3. The summed E-state index contributed by atoms with van der Waals surface area (Å²) >= 11 is 0. The molecule has 1 rings (SSSR count). The molecule has 0 aliphatic carbocycles. The van der Waals surface area contributed by atoms with Gasteiger partial charge in [-0.1, -0.05) is 0 Å². The highest BCUT2D eigenvalue weighted by molar-refractivity contribution is 5.87. The first-order valence-electron chi connectivity index (χ1n) is 6.65. The van der Waals surface area contributed by atoms with E-state index >= 15 is 0 Å². The predicted octanol–water partition coefficient (Wildman–Crippen LogP) is 1.77. The normalized spacial score (nSPS) is 22.6. The maximum atomic E-state index is 12.0. The van der Waals surface area contributed by atoms with Crippen LogP contribution in [0.5, 0.6) is 0 Å². The fourth-order valence-corrected chi connectivity index (χ4v) is 2.43. The number of nitrogens with zero attached hydrogens (tertiary/aromatic N) is 1. The van der Waals surface area contributed by atoms with Crippen molar-refractivity contribution in [3.8, 4) is 0 Å². The Morgan fingerprint density at radius 3 is 2.30 bits per heavy atom. The van der Waals surface area contributed by atoms with Crippen LogP contribution in [0, 0.1) is 5.41 Å². The van der Waals surface area contributed by atoms with Gasteiger partial charge in [0.1, 0.15) is 11.4 Å². The number of carbonyl (C=O) groups excluding carboxylic acids is 3. The highest BCUT2D eigenvalue weighted by Gasteiger charge is 2.48. The van der Waals surface area contributed by atoms with Gasteiger partial charge in [0.05, 0.1) is 12.5 Å². The third kappa shape index (κ3) is 3.95. The number of hydrogen-bond donors (Lipinski definition) is 0. The number of ketones is 1. The maximum Gasteiger partial charge on any atom is 0.410 e. The highest BCUT2D eigenvalue weighted by atomic mass is 16.6. The van der Waals surface area contributed by atoms with Crippen LogP contribution in [0.1, 0.15) is 40.5 Å². The Balaban J connectivity index is 2.82. The summed E-state index contributed by atoms with van der Waals surface area (Å²) in [5, 5.41) is 0. The highest BCUT2D eigenvalue weighted by Crippen LogP contribution is 2.36. The molecule has 1 fully saturated rings. The summed E-state index contributed by atoms with van der Waals surface area (Å²) in [6, 6.07) is 0. The molecular weight excluding hydrogens is 262 g/mol. The smallest absolute Gasteiger partial charge is 0.410 e. The summed E-state index contributed by atoms with van der Waals surface area (Å²) in [7, 11) is 1.29. The Kier molecular flexibility index (Phi) is 4.78. The number of ether oxygens (including phenoxy) is 2. The average Bonchev–Trinajstić information content (AvgIpc) is 2.70. The van der Waals surface area contributed by atoms with Crippen LogP contribution in [-0.4, -0.2) is 48.5 Å². The molecule has 0 saturated carbocycles. The summed E-state index contributed by atoms with van der Waals surface area (Å²) in [4.78, 5) is 36.8. The van der Waals surface area contributed by atoms with Crippen LogP contribution in [0.15, 0.2) is 0 Å². The van der Waals surface area contributed by atoms with Gasteiger partial charge in [0.25, 0.3) is 0 Å². The molecule has 1 saturated heterocycles. The van der Waals surface area contributed by atoms with Crippen molar-refractivity contribution in [1.82, 2.24) is 4.90 Å². The van der Waals surface area contributed by atoms with Crippen molar-refractivity contribution in [2.24, 2.45) is 5.41 Å². The largest absolute Gasteiger partial charge is 0.469 e. The molecule has 0 spiro atoms. The van der Waals surface area contributed by atoms with E-state index in [1.807, 2.05) is 0 Å². The van der Waals surface area contributed by atoms with Crippen molar-refractivity contribution >= 4 is 17.8 Å². The second kappa shape index (κ2) is 5.81. The van der Waals surface area contributed by atoms with Gasteiger partial charge in [0.15, 0.2) is 0 Å². The number of rotatable bonds is 3. The molecule has 1 aliphatic heterocycles. The Labute approximate surface area is 119 Å². The van der Waals surface area contributed by atoms with Crippen molar-refractivity contribution in [1.29, 1.82) is 0 Å². The van der Waals surface area contributed by atoms with Crippen LogP contribution < -0.4 is 0 Å². The van der Waals surface area contributed by atoms with Crippen LogP contribution in [0.2, 0.25) is 0 Å². The van der Waals surface area contributed by atoms with Gasteiger partial charge in [0.2, 0.25) is 0 Å². The summed E-state index contributed by atoms with van der Waals surface area (Å²) in [5.41, 5.74) is -1.52. The molecular formula is C14H23NO5. The first-order chi connectivity index (χ1) is 9.09. The third-order valence-electron chi connectivity index (χ3n) is 3.21. The number of methoxy groups -OCH3 is 1. The lowest BCUT2D eigenvalue weighted by molar-refractivity contribution is -0.154. The molecule has 6 heteroatoms. The number of Topliss-reactive ketones (excluding diaryl/α,β-unsaturated/α-hetero) is 1. The van der Waals surface area contributed by atoms with E-state index in [0.29, 0.717) is 13.0 Å². The molecule has 114 valence electrons. The second-order valence-electron chi connectivity index (χ2n) is 6.30. The lowest BCUT2D eigenvalue weighted by Gasteiger charge is -2.27. The minimum atomic E-state index is -0.933. The van der Waals surface area contributed by atoms with Crippen molar-refractivity contribution in [2.45, 2.75) is 46.1 Å². The molecule has 0 bridgehead atoms. The fourth-order valence-electron chi connectivity index (χ4n) is 2.43. The van der Waals surface area contributed by atoms with Crippen molar-refractivity contribution < 1.29 is 23.9 Å². The Morgan fingerprint density at radius 2 is 1.85 bits per heavy atom. The van der Waals surface area contributed by atoms with Crippen LogP contribution in [-0.2, 0) is 19.1 Å². The molecule has 0 aromatic heterocycles. The molecule has 1 atom stereocenters. The fraction of sp³-hybridized carbons (Fsp3) is 0.786. The van der Waals surface area contributed by atoms with Crippen molar-refractivity contribution in [3.05, 3.63) is 0 Å². The third-order valence-corrected chi connectivity index (χ3v) is 3.21. The van der Waals surface area contributed by atoms with E-state index in [2.05, 4.69) is 0 Å². The summed E-state index contributed by atoms with van der Waals surface area (Å²) < 4.78 is 10.1. The topological polar surface area (TPSA) is 72.9 Å². The summed E-state index contributed by atoms with van der Waals surface area (Å²) in [6.07, 6.45) is 0.0316. The van der Waals surface area contributed by atoms with Gasteiger partial charge < -0.3 is 14.4 Å². The van der Waals surface area contributed by atoms with E-state index < -0.39 is 23.1 Å². The van der Waals surface area contributed by atoms with E-state index in [9.17, 15) is 14.4 Å². The van der Waals surface area contributed by atoms with Gasteiger partial charge in [-0.25, -0.2) is 4.79 Å². The monoisotopic (exact) mass is 285 g/mol. The Bertz CT molecular complexity index is 412. The van der Waals surface area contributed by atoms with E-state index in [-0.39, 0.29) is 18.7 Å². The molecule has 0 aromatic carbocycles. The summed E-state index contributed by atoms with van der Waals surface area (Å²) in [6.45, 7) is 7.32. The molecule has 0 aromatic rings. The molecule has 6 nitrogen and oxygen atoms in total. The molecule has 1 aliphatic rings.